The molecule has 0 saturated carbocycles. The average Bonchev–Trinajstić information content (AvgIpc) is 2.12. The number of carbonyl (C=O) groups is 1. The van der Waals surface area contributed by atoms with E-state index in [4.69, 9.17) is 16.3 Å². The van der Waals surface area contributed by atoms with Crippen molar-refractivity contribution < 1.29 is 9.53 Å². The van der Waals surface area contributed by atoms with Gasteiger partial charge in [-0.2, -0.15) is 0 Å². The third kappa shape index (κ3) is 3.31. The molecule has 14 heavy (non-hydrogen) atoms. The molecule has 0 aliphatic rings. The number of benzene rings is 1. The van der Waals surface area contributed by atoms with Gasteiger partial charge in [0.15, 0.2) is 0 Å². The molecule has 1 aromatic rings. The highest BCUT2D eigenvalue weighted by Crippen LogP contribution is 2.21. The van der Waals surface area contributed by atoms with Crippen molar-refractivity contribution in [3.63, 3.8) is 0 Å². The van der Waals surface area contributed by atoms with Crippen molar-refractivity contribution in [2.75, 3.05) is 5.88 Å². The van der Waals surface area contributed by atoms with Gasteiger partial charge in [0.1, 0.15) is 5.75 Å². The van der Waals surface area contributed by atoms with Crippen LogP contribution in [-0.4, -0.2) is 11.8 Å². The fourth-order valence-electron chi connectivity index (χ4n) is 0.940. The fourth-order valence-corrected chi connectivity index (χ4v) is 1.34. The van der Waals surface area contributed by atoms with Crippen molar-refractivity contribution in [3.8, 4) is 5.75 Å². The van der Waals surface area contributed by atoms with E-state index in [1.54, 1.807) is 12.1 Å². The van der Waals surface area contributed by atoms with E-state index in [1.165, 1.54) is 0 Å². The molecule has 0 spiro atoms. The normalized spacial score (nSPS) is 9.93. The monoisotopic (exact) mass is 276 g/mol. The van der Waals surface area contributed by atoms with Crippen LogP contribution in [0.15, 0.2) is 22.7 Å². The number of ether oxygens (including phenoxy) is 1. The Hall–Kier alpha value is -0.540. The van der Waals surface area contributed by atoms with Gasteiger partial charge >= 0.3 is 5.97 Å². The molecule has 0 aliphatic carbocycles. The lowest BCUT2D eigenvalue weighted by atomic mass is 10.2. The van der Waals surface area contributed by atoms with Crippen molar-refractivity contribution in [1.29, 1.82) is 0 Å². The van der Waals surface area contributed by atoms with Crippen molar-refractivity contribution in [1.82, 2.24) is 0 Å². The number of esters is 1. The molecule has 0 fully saturated rings. The van der Waals surface area contributed by atoms with Crippen molar-refractivity contribution in [2.45, 2.75) is 13.3 Å². The summed E-state index contributed by atoms with van der Waals surface area (Å²) in [4.78, 5) is 11.1. The van der Waals surface area contributed by atoms with E-state index in [0.717, 1.165) is 10.0 Å². The Kier molecular flexibility index (Phi) is 4.42. The van der Waals surface area contributed by atoms with Crippen LogP contribution in [0, 0.1) is 6.92 Å². The highest BCUT2D eigenvalue weighted by atomic mass is 79.9. The molecule has 0 N–H and O–H groups in total. The Balaban J connectivity index is 2.68. The summed E-state index contributed by atoms with van der Waals surface area (Å²) in [6.07, 6.45) is 0.233. The first-order valence-corrected chi connectivity index (χ1v) is 5.49. The summed E-state index contributed by atoms with van der Waals surface area (Å²) in [6.45, 7) is 1.93. The van der Waals surface area contributed by atoms with Gasteiger partial charge in [-0.3, -0.25) is 4.79 Å². The smallest absolute Gasteiger partial charge is 0.312 e. The lowest BCUT2D eigenvalue weighted by Gasteiger charge is -2.04. The Labute approximate surface area is 96.3 Å². The molecule has 0 bridgehead atoms. The summed E-state index contributed by atoms with van der Waals surface area (Å²) in [6, 6.07) is 5.39. The van der Waals surface area contributed by atoms with Gasteiger partial charge in [0.05, 0.1) is 6.42 Å². The minimum Gasteiger partial charge on any atom is -0.426 e. The van der Waals surface area contributed by atoms with E-state index in [-0.39, 0.29) is 18.3 Å². The summed E-state index contributed by atoms with van der Waals surface area (Å²) >= 11 is 8.78. The Morgan fingerprint density at radius 3 is 2.86 bits per heavy atom. The van der Waals surface area contributed by atoms with Crippen molar-refractivity contribution >= 4 is 33.5 Å². The third-order valence-corrected chi connectivity index (χ3v) is 2.74. The second-order valence-corrected chi connectivity index (χ2v) is 4.06. The summed E-state index contributed by atoms with van der Waals surface area (Å²) in [5.41, 5.74) is 1.03. The van der Waals surface area contributed by atoms with Gasteiger partial charge in [0, 0.05) is 10.4 Å². The zero-order valence-electron chi connectivity index (χ0n) is 7.72. The van der Waals surface area contributed by atoms with Crippen LogP contribution in [0.3, 0.4) is 0 Å². The van der Waals surface area contributed by atoms with Crippen LogP contribution >= 0.6 is 27.5 Å². The number of alkyl halides is 1. The lowest BCUT2D eigenvalue weighted by molar-refractivity contribution is -0.133. The maximum Gasteiger partial charge on any atom is 0.312 e. The number of hydrogen-bond acceptors (Lipinski definition) is 2. The molecule has 0 heterocycles. The molecule has 76 valence electrons. The Morgan fingerprint density at radius 2 is 2.29 bits per heavy atom. The highest BCUT2D eigenvalue weighted by molar-refractivity contribution is 9.10. The average molecular weight is 278 g/mol. The van der Waals surface area contributed by atoms with Gasteiger partial charge in [-0.1, -0.05) is 15.9 Å². The predicted molar refractivity (Wildman–Crippen MR) is 59.9 cm³/mol. The zero-order chi connectivity index (χ0) is 10.6. The minimum absolute atomic E-state index is 0.233. The first-order chi connectivity index (χ1) is 6.63. The van der Waals surface area contributed by atoms with E-state index in [9.17, 15) is 4.79 Å². The number of carbonyl (C=O) groups excluding carboxylic acids is 1. The molecule has 0 saturated heterocycles. The first kappa shape index (κ1) is 11.5. The SMILES string of the molecule is Cc1cc(OC(=O)CCCl)ccc1Br. The standard InChI is InChI=1S/C10H10BrClO2/c1-7-6-8(2-3-9(7)11)14-10(13)4-5-12/h2-3,6H,4-5H2,1H3. The van der Waals surface area contributed by atoms with Crippen LogP contribution in [0.4, 0.5) is 0 Å². The maximum absolute atomic E-state index is 11.1. The Bertz CT molecular complexity index is 339. The molecule has 0 aliphatic heterocycles. The van der Waals surface area contributed by atoms with Gasteiger partial charge < -0.3 is 4.74 Å². The molecule has 0 unspecified atom stereocenters. The summed E-state index contributed by atoms with van der Waals surface area (Å²) in [5.74, 6) is 0.538. The second-order valence-electron chi connectivity index (χ2n) is 2.82. The molecular formula is C10H10BrClO2. The molecule has 1 aromatic carbocycles. The van der Waals surface area contributed by atoms with Crippen LogP contribution in [0.25, 0.3) is 0 Å². The van der Waals surface area contributed by atoms with Gasteiger partial charge in [-0.25, -0.2) is 0 Å². The largest absolute Gasteiger partial charge is 0.426 e. The van der Waals surface area contributed by atoms with Crippen LogP contribution in [0.5, 0.6) is 5.75 Å². The number of aryl methyl sites for hydroxylation is 1. The van der Waals surface area contributed by atoms with Crippen molar-refractivity contribution in [3.05, 3.63) is 28.2 Å². The molecule has 0 aromatic heterocycles. The summed E-state index contributed by atoms with van der Waals surface area (Å²) in [7, 11) is 0. The number of rotatable bonds is 3. The fraction of sp³-hybridized carbons (Fsp3) is 0.300. The molecule has 0 radical (unpaired) electrons. The molecular weight excluding hydrogens is 267 g/mol. The van der Waals surface area contributed by atoms with Gasteiger partial charge in [-0.05, 0) is 30.7 Å². The summed E-state index contributed by atoms with van der Waals surface area (Å²) < 4.78 is 6.04. The predicted octanol–water partition coefficient (Wildman–Crippen LogP) is 3.29. The molecule has 1 rings (SSSR count). The molecule has 4 heteroatoms. The number of halogens is 2. The maximum atomic E-state index is 11.1. The quantitative estimate of drug-likeness (QED) is 0.481. The minimum atomic E-state index is -0.304. The molecule has 0 amide bonds. The Morgan fingerprint density at radius 1 is 1.57 bits per heavy atom. The van der Waals surface area contributed by atoms with Gasteiger partial charge in [0.2, 0.25) is 0 Å². The first-order valence-electron chi connectivity index (χ1n) is 4.16. The zero-order valence-corrected chi connectivity index (χ0v) is 10.1. The lowest BCUT2D eigenvalue weighted by Crippen LogP contribution is -2.08. The van der Waals surface area contributed by atoms with Crippen LogP contribution < -0.4 is 4.74 Å². The topological polar surface area (TPSA) is 26.3 Å². The van der Waals surface area contributed by atoms with E-state index in [0.29, 0.717) is 5.75 Å². The molecule has 2 nitrogen and oxygen atoms in total. The van der Waals surface area contributed by atoms with Gasteiger partial charge in [0.25, 0.3) is 0 Å². The third-order valence-electron chi connectivity index (χ3n) is 1.66. The van der Waals surface area contributed by atoms with E-state index >= 15 is 0 Å². The van der Waals surface area contributed by atoms with E-state index < -0.39 is 0 Å². The van der Waals surface area contributed by atoms with Crippen LogP contribution in [0.2, 0.25) is 0 Å². The van der Waals surface area contributed by atoms with Crippen molar-refractivity contribution in [2.24, 2.45) is 0 Å². The van der Waals surface area contributed by atoms with Gasteiger partial charge in [-0.15, -0.1) is 11.6 Å². The van der Waals surface area contributed by atoms with E-state index in [1.807, 2.05) is 13.0 Å². The highest BCUT2D eigenvalue weighted by Gasteiger charge is 2.04. The second kappa shape index (κ2) is 5.37. The summed E-state index contributed by atoms with van der Waals surface area (Å²) in [5, 5.41) is 0. The molecule has 0 atom stereocenters. The number of hydrogen-bond donors (Lipinski definition) is 0. The van der Waals surface area contributed by atoms with E-state index in [2.05, 4.69) is 15.9 Å². The van der Waals surface area contributed by atoms with Crippen LogP contribution in [-0.2, 0) is 4.79 Å². The van der Waals surface area contributed by atoms with Crippen LogP contribution in [0.1, 0.15) is 12.0 Å².